The van der Waals surface area contributed by atoms with E-state index in [1.165, 1.54) is 0 Å². The Hall–Kier alpha value is -3.64. The van der Waals surface area contributed by atoms with Gasteiger partial charge in [-0.05, 0) is 37.3 Å². The van der Waals surface area contributed by atoms with Crippen molar-refractivity contribution in [2.75, 3.05) is 13.2 Å². The molecule has 1 unspecified atom stereocenters. The van der Waals surface area contributed by atoms with Gasteiger partial charge < -0.3 is 14.6 Å². The van der Waals surface area contributed by atoms with Gasteiger partial charge in [-0.3, -0.25) is 9.48 Å². The lowest BCUT2D eigenvalue weighted by molar-refractivity contribution is 0.0905. The van der Waals surface area contributed by atoms with Crippen LogP contribution in [0.15, 0.2) is 66.7 Å². The molecule has 1 aromatic heterocycles. The number of aliphatic hydroxyl groups is 1. The second-order valence-corrected chi connectivity index (χ2v) is 7.47. The summed E-state index contributed by atoms with van der Waals surface area (Å²) < 4.78 is 12.9. The van der Waals surface area contributed by atoms with Gasteiger partial charge in [0.25, 0.3) is 0 Å². The lowest BCUT2D eigenvalue weighted by Gasteiger charge is -2.14. The first-order chi connectivity index (χ1) is 15.2. The smallest absolute Gasteiger partial charge is 0.194 e. The van der Waals surface area contributed by atoms with E-state index in [0.717, 1.165) is 27.9 Å². The van der Waals surface area contributed by atoms with E-state index >= 15 is 0 Å². The molecule has 0 bridgehead atoms. The Morgan fingerprint density at radius 1 is 0.903 bits per heavy atom. The summed E-state index contributed by atoms with van der Waals surface area (Å²) >= 11 is 0. The number of hydrogen-bond donors (Lipinski definition) is 1. The number of aliphatic hydroxyl groups excluding tert-OH is 1. The molecule has 0 saturated carbocycles. The van der Waals surface area contributed by atoms with Crippen molar-refractivity contribution in [3.8, 4) is 22.8 Å². The normalized spacial score (nSPS) is 13.2. The number of carbonyl (C=O) groups is 1. The van der Waals surface area contributed by atoms with Crippen LogP contribution in [0.3, 0.4) is 0 Å². The van der Waals surface area contributed by atoms with Crippen LogP contribution in [0.4, 0.5) is 0 Å². The second-order valence-electron chi connectivity index (χ2n) is 7.47. The Kier molecular flexibility index (Phi) is 4.92. The zero-order valence-corrected chi connectivity index (χ0v) is 17.1. The lowest BCUT2D eigenvalue weighted by atomic mass is 9.87. The van der Waals surface area contributed by atoms with Crippen molar-refractivity contribution in [2.45, 2.75) is 19.6 Å². The van der Waals surface area contributed by atoms with E-state index in [9.17, 15) is 9.90 Å². The molecule has 6 nitrogen and oxygen atoms in total. The van der Waals surface area contributed by atoms with Crippen LogP contribution in [-0.4, -0.2) is 40.0 Å². The highest BCUT2D eigenvalue weighted by atomic mass is 16.5. The van der Waals surface area contributed by atoms with Gasteiger partial charge in [-0.2, -0.15) is 5.10 Å². The number of rotatable bonds is 7. The fourth-order valence-electron chi connectivity index (χ4n) is 4.02. The summed E-state index contributed by atoms with van der Waals surface area (Å²) in [5.41, 5.74) is 3.75. The molecule has 0 fully saturated rings. The highest BCUT2D eigenvalue weighted by Crippen LogP contribution is 2.38. The fourth-order valence-corrected chi connectivity index (χ4v) is 4.02. The summed E-state index contributed by atoms with van der Waals surface area (Å²) in [6.07, 6.45) is -0.766. The minimum atomic E-state index is -0.766. The molecule has 1 N–H and O–H groups in total. The van der Waals surface area contributed by atoms with Crippen LogP contribution in [0.1, 0.15) is 22.8 Å². The van der Waals surface area contributed by atoms with E-state index in [2.05, 4.69) is 0 Å². The topological polar surface area (TPSA) is 73.6 Å². The van der Waals surface area contributed by atoms with Crippen LogP contribution in [0.25, 0.3) is 22.2 Å². The molecule has 1 heterocycles. The number of hydrogen-bond acceptors (Lipinski definition) is 5. The molecule has 1 atom stereocenters. The van der Waals surface area contributed by atoms with E-state index in [1.54, 1.807) is 4.68 Å². The van der Waals surface area contributed by atoms with Crippen molar-refractivity contribution >= 4 is 16.7 Å². The predicted octanol–water partition coefficient (Wildman–Crippen LogP) is 4.09. The zero-order chi connectivity index (χ0) is 21.4. The average Bonchev–Trinajstić information content (AvgIpc) is 3.16. The van der Waals surface area contributed by atoms with Crippen molar-refractivity contribution < 1.29 is 19.4 Å². The summed E-state index contributed by atoms with van der Waals surface area (Å²) in [5.74, 6) is 1.45. The van der Waals surface area contributed by atoms with E-state index in [0.29, 0.717) is 23.5 Å². The number of ether oxygens (including phenoxy) is 2. The number of nitrogens with zero attached hydrogens (tertiary/aromatic N) is 2. The van der Waals surface area contributed by atoms with Crippen molar-refractivity contribution in [1.82, 2.24) is 9.78 Å². The highest BCUT2D eigenvalue weighted by molar-refractivity contribution is 6.25. The van der Waals surface area contributed by atoms with Crippen molar-refractivity contribution in [1.29, 1.82) is 0 Å². The first kappa shape index (κ1) is 19.3. The first-order valence-corrected chi connectivity index (χ1v) is 10.3. The van der Waals surface area contributed by atoms with Crippen molar-refractivity contribution in [3.05, 3.63) is 77.9 Å². The summed E-state index contributed by atoms with van der Waals surface area (Å²) in [7, 11) is 0. The van der Waals surface area contributed by atoms with Gasteiger partial charge in [0.1, 0.15) is 29.9 Å². The third-order valence-corrected chi connectivity index (χ3v) is 5.41. The van der Waals surface area contributed by atoms with E-state index in [-0.39, 0.29) is 18.9 Å². The van der Waals surface area contributed by atoms with Gasteiger partial charge in [0, 0.05) is 22.1 Å². The molecule has 0 spiro atoms. The van der Waals surface area contributed by atoms with E-state index in [4.69, 9.17) is 14.6 Å². The van der Waals surface area contributed by atoms with Crippen LogP contribution in [0.2, 0.25) is 0 Å². The molecule has 0 amide bonds. The van der Waals surface area contributed by atoms with Gasteiger partial charge in [0.2, 0.25) is 0 Å². The van der Waals surface area contributed by atoms with Crippen LogP contribution in [-0.2, 0) is 6.54 Å². The second kappa shape index (κ2) is 7.89. The van der Waals surface area contributed by atoms with Crippen molar-refractivity contribution in [3.63, 3.8) is 0 Å². The summed E-state index contributed by atoms with van der Waals surface area (Å²) in [6, 6.07) is 20.4. The van der Waals surface area contributed by atoms with Crippen molar-refractivity contribution in [2.24, 2.45) is 0 Å². The maximum absolute atomic E-state index is 12.9. The molecule has 4 aromatic rings. The molecule has 1 aliphatic rings. The Labute approximate surface area is 179 Å². The molecule has 1 aliphatic carbocycles. The molecule has 156 valence electrons. The molecule has 0 radical (unpaired) electrons. The van der Waals surface area contributed by atoms with E-state index in [1.807, 2.05) is 73.7 Å². The van der Waals surface area contributed by atoms with Gasteiger partial charge >= 0.3 is 0 Å². The minimum absolute atomic E-state index is 0.00707. The summed E-state index contributed by atoms with van der Waals surface area (Å²) in [4.78, 5) is 12.9. The Bertz CT molecular complexity index is 1260. The average molecular weight is 414 g/mol. The van der Waals surface area contributed by atoms with Gasteiger partial charge in [0.05, 0.1) is 18.7 Å². The van der Waals surface area contributed by atoms with Crippen LogP contribution < -0.4 is 9.47 Å². The standard InChI is InChI=1S/C25H22N2O4/c1-2-30-17-10-12-18(13-11-17)31-15-16(28)14-27-22-9-5-8-21-23(22)24(26-27)19-6-3-4-7-20(19)25(21)29/h3-13,16,28H,2,14-15H2,1H3. The minimum Gasteiger partial charge on any atom is -0.494 e. The predicted molar refractivity (Wildman–Crippen MR) is 118 cm³/mol. The Morgan fingerprint density at radius 3 is 2.32 bits per heavy atom. The third-order valence-electron chi connectivity index (χ3n) is 5.41. The van der Waals surface area contributed by atoms with Crippen LogP contribution in [0, 0.1) is 0 Å². The van der Waals surface area contributed by atoms with Gasteiger partial charge in [0.15, 0.2) is 5.78 Å². The Balaban J connectivity index is 1.38. The van der Waals surface area contributed by atoms with Crippen LogP contribution >= 0.6 is 0 Å². The third kappa shape index (κ3) is 3.45. The maximum Gasteiger partial charge on any atom is 0.194 e. The zero-order valence-electron chi connectivity index (χ0n) is 17.1. The number of fused-ring (bicyclic) bond motifs is 2. The number of benzene rings is 3. The highest BCUT2D eigenvalue weighted by Gasteiger charge is 2.28. The fraction of sp³-hybridized carbons (Fsp3) is 0.200. The summed E-state index contributed by atoms with van der Waals surface area (Å²) in [5, 5.41) is 16.2. The molecule has 0 aliphatic heterocycles. The Morgan fingerprint density at radius 2 is 1.58 bits per heavy atom. The quantitative estimate of drug-likeness (QED) is 0.434. The summed E-state index contributed by atoms with van der Waals surface area (Å²) in [6.45, 7) is 2.92. The molecular weight excluding hydrogens is 392 g/mol. The molecule has 0 saturated heterocycles. The molecule has 6 heteroatoms. The van der Waals surface area contributed by atoms with Crippen LogP contribution in [0.5, 0.6) is 11.5 Å². The molecular formula is C25H22N2O4. The number of aromatic nitrogens is 2. The van der Waals surface area contributed by atoms with E-state index < -0.39 is 6.10 Å². The van der Waals surface area contributed by atoms with Gasteiger partial charge in [-0.15, -0.1) is 0 Å². The number of ketones is 1. The molecule has 3 aromatic carbocycles. The van der Waals surface area contributed by atoms with Gasteiger partial charge in [-0.1, -0.05) is 36.4 Å². The molecule has 31 heavy (non-hydrogen) atoms. The maximum atomic E-state index is 12.9. The first-order valence-electron chi connectivity index (χ1n) is 10.3. The largest absolute Gasteiger partial charge is 0.494 e. The van der Waals surface area contributed by atoms with Gasteiger partial charge in [-0.25, -0.2) is 0 Å². The number of carbonyl (C=O) groups excluding carboxylic acids is 1. The monoisotopic (exact) mass is 414 g/mol. The lowest BCUT2D eigenvalue weighted by Crippen LogP contribution is -2.24. The SMILES string of the molecule is CCOc1ccc(OCC(O)Cn2nc3c4c(cccc42)C(=O)c2ccccc2-3)cc1. The molecule has 5 rings (SSSR count).